The van der Waals surface area contributed by atoms with Crippen LogP contribution in [0.1, 0.15) is 12.0 Å². The molecule has 23 heavy (non-hydrogen) atoms. The lowest BCUT2D eigenvalue weighted by atomic mass is 10.1. The number of benzene rings is 2. The van der Waals surface area contributed by atoms with Crippen molar-refractivity contribution in [3.05, 3.63) is 54.1 Å². The van der Waals surface area contributed by atoms with Gasteiger partial charge in [0.25, 0.3) is 0 Å². The number of hydrogen-bond donors (Lipinski definition) is 1. The van der Waals surface area contributed by atoms with Crippen LogP contribution >= 0.6 is 0 Å². The number of para-hydroxylation sites is 1. The van der Waals surface area contributed by atoms with Crippen LogP contribution in [0.5, 0.6) is 5.75 Å². The van der Waals surface area contributed by atoms with Crippen LogP contribution in [0, 0.1) is 0 Å². The minimum atomic E-state index is -3.29. The summed E-state index contributed by atoms with van der Waals surface area (Å²) in [5.41, 5.74) is 1.42. The van der Waals surface area contributed by atoms with Gasteiger partial charge >= 0.3 is 0 Å². The first-order valence-corrected chi connectivity index (χ1v) is 9.01. The number of rotatable bonds is 6. The van der Waals surface area contributed by atoms with E-state index in [0.29, 0.717) is 12.1 Å². The van der Waals surface area contributed by atoms with E-state index >= 15 is 0 Å². The lowest BCUT2D eigenvalue weighted by Gasteiger charge is -2.09. The average molecular weight is 333 g/mol. The number of anilines is 1. The Labute approximate surface area is 136 Å². The van der Waals surface area contributed by atoms with Crippen LogP contribution in [0.4, 0.5) is 5.69 Å². The molecule has 122 valence electrons. The smallest absolute Gasteiger partial charge is 0.224 e. The molecule has 0 aromatic heterocycles. The molecule has 6 heteroatoms. The first-order valence-electron chi connectivity index (χ1n) is 7.12. The van der Waals surface area contributed by atoms with Gasteiger partial charge in [0.05, 0.1) is 12.0 Å². The molecule has 2 rings (SSSR count). The molecule has 1 N–H and O–H groups in total. The summed E-state index contributed by atoms with van der Waals surface area (Å²) >= 11 is 0. The molecule has 0 radical (unpaired) electrons. The molecule has 0 saturated carbocycles. The fourth-order valence-electron chi connectivity index (χ4n) is 2.19. The standard InChI is InChI=1S/C17H19NO4S/c1-22-16-9-4-3-6-13(16)10-11-17(19)18-14-7-5-8-15(12-14)23(2,20)21/h3-9,12H,10-11H2,1-2H3,(H,18,19). The van der Waals surface area contributed by atoms with E-state index in [2.05, 4.69) is 5.32 Å². The highest BCUT2D eigenvalue weighted by atomic mass is 32.2. The van der Waals surface area contributed by atoms with Crippen molar-refractivity contribution in [2.75, 3.05) is 18.7 Å². The molecule has 0 unspecified atom stereocenters. The first kappa shape index (κ1) is 17.0. The lowest BCUT2D eigenvalue weighted by Crippen LogP contribution is -2.13. The predicted molar refractivity (Wildman–Crippen MR) is 89.5 cm³/mol. The minimum Gasteiger partial charge on any atom is -0.496 e. The number of aryl methyl sites for hydroxylation is 1. The Morgan fingerprint density at radius 1 is 1.13 bits per heavy atom. The molecule has 2 aromatic rings. The van der Waals surface area contributed by atoms with E-state index in [1.54, 1.807) is 19.2 Å². The average Bonchev–Trinajstić information content (AvgIpc) is 2.52. The van der Waals surface area contributed by atoms with Gasteiger partial charge in [0, 0.05) is 18.4 Å². The van der Waals surface area contributed by atoms with Crippen molar-refractivity contribution in [1.29, 1.82) is 0 Å². The molecule has 0 aliphatic heterocycles. The van der Waals surface area contributed by atoms with Gasteiger partial charge in [-0.15, -0.1) is 0 Å². The third kappa shape index (κ3) is 4.82. The highest BCUT2D eigenvalue weighted by molar-refractivity contribution is 7.90. The molecule has 0 aliphatic rings. The maximum atomic E-state index is 12.0. The zero-order valence-electron chi connectivity index (χ0n) is 13.1. The fraction of sp³-hybridized carbons (Fsp3) is 0.235. The lowest BCUT2D eigenvalue weighted by molar-refractivity contribution is -0.116. The number of carbonyl (C=O) groups excluding carboxylic acids is 1. The third-order valence-corrected chi connectivity index (χ3v) is 4.47. The summed E-state index contributed by atoms with van der Waals surface area (Å²) in [7, 11) is -1.70. The fourth-order valence-corrected chi connectivity index (χ4v) is 2.85. The molecule has 5 nitrogen and oxygen atoms in total. The molecule has 0 fully saturated rings. The zero-order valence-corrected chi connectivity index (χ0v) is 13.9. The van der Waals surface area contributed by atoms with Gasteiger partial charge in [0.15, 0.2) is 9.84 Å². The van der Waals surface area contributed by atoms with Crippen molar-refractivity contribution in [1.82, 2.24) is 0 Å². The van der Waals surface area contributed by atoms with E-state index < -0.39 is 9.84 Å². The molecule has 0 saturated heterocycles. The summed E-state index contributed by atoms with van der Waals surface area (Å²) in [6, 6.07) is 13.8. The Balaban J connectivity index is 2.00. The van der Waals surface area contributed by atoms with Crippen molar-refractivity contribution >= 4 is 21.4 Å². The summed E-state index contributed by atoms with van der Waals surface area (Å²) < 4.78 is 28.3. The highest BCUT2D eigenvalue weighted by Crippen LogP contribution is 2.20. The van der Waals surface area contributed by atoms with E-state index in [1.165, 1.54) is 12.1 Å². The SMILES string of the molecule is COc1ccccc1CCC(=O)Nc1cccc(S(C)(=O)=O)c1. The van der Waals surface area contributed by atoms with E-state index in [1.807, 2.05) is 24.3 Å². The Morgan fingerprint density at radius 2 is 1.87 bits per heavy atom. The van der Waals surface area contributed by atoms with Crippen molar-refractivity contribution in [2.45, 2.75) is 17.7 Å². The quantitative estimate of drug-likeness (QED) is 0.882. The topological polar surface area (TPSA) is 72.5 Å². The summed E-state index contributed by atoms with van der Waals surface area (Å²) in [5.74, 6) is 0.570. The highest BCUT2D eigenvalue weighted by Gasteiger charge is 2.10. The molecule has 0 aliphatic carbocycles. The van der Waals surface area contributed by atoms with Gasteiger partial charge in [-0.3, -0.25) is 4.79 Å². The first-order chi connectivity index (χ1) is 10.9. The Hall–Kier alpha value is -2.34. The van der Waals surface area contributed by atoms with Crippen molar-refractivity contribution in [3.63, 3.8) is 0 Å². The van der Waals surface area contributed by atoms with E-state index in [9.17, 15) is 13.2 Å². The molecular weight excluding hydrogens is 314 g/mol. The predicted octanol–water partition coefficient (Wildman–Crippen LogP) is 2.67. The van der Waals surface area contributed by atoms with Crippen molar-refractivity contribution in [3.8, 4) is 5.75 Å². The normalized spacial score (nSPS) is 11.0. The van der Waals surface area contributed by atoms with Gasteiger partial charge in [-0.05, 0) is 36.2 Å². The Morgan fingerprint density at radius 3 is 2.57 bits per heavy atom. The molecule has 0 spiro atoms. The van der Waals surface area contributed by atoms with Gasteiger partial charge < -0.3 is 10.1 Å². The second-order valence-corrected chi connectivity index (χ2v) is 7.18. The Bertz CT molecular complexity index is 800. The second-order valence-electron chi connectivity index (χ2n) is 5.16. The van der Waals surface area contributed by atoms with Gasteiger partial charge in [-0.1, -0.05) is 24.3 Å². The molecule has 2 aromatic carbocycles. The maximum absolute atomic E-state index is 12.0. The van der Waals surface area contributed by atoms with Gasteiger partial charge in [-0.2, -0.15) is 0 Å². The number of methoxy groups -OCH3 is 1. The summed E-state index contributed by atoms with van der Waals surface area (Å²) in [6.07, 6.45) is 1.96. The van der Waals surface area contributed by atoms with Crippen LogP contribution in [0.15, 0.2) is 53.4 Å². The van der Waals surface area contributed by atoms with Crippen LogP contribution in [-0.2, 0) is 21.1 Å². The second kappa shape index (κ2) is 7.28. The van der Waals surface area contributed by atoms with E-state index in [4.69, 9.17) is 4.74 Å². The summed E-state index contributed by atoms with van der Waals surface area (Å²) in [4.78, 5) is 12.2. The van der Waals surface area contributed by atoms with Crippen LogP contribution in [-0.4, -0.2) is 27.7 Å². The number of sulfone groups is 1. The van der Waals surface area contributed by atoms with Gasteiger partial charge in [-0.25, -0.2) is 8.42 Å². The molecule has 0 bridgehead atoms. The van der Waals surface area contributed by atoms with Crippen molar-refractivity contribution in [2.24, 2.45) is 0 Å². The number of ether oxygens (including phenoxy) is 1. The summed E-state index contributed by atoms with van der Waals surface area (Å²) in [6.45, 7) is 0. The monoisotopic (exact) mass is 333 g/mol. The summed E-state index contributed by atoms with van der Waals surface area (Å²) in [5, 5.41) is 2.72. The van der Waals surface area contributed by atoms with Crippen LogP contribution < -0.4 is 10.1 Å². The van der Waals surface area contributed by atoms with Gasteiger partial charge in [0.1, 0.15) is 5.75 Å². The van der Waals surface area contributed by atoms with E-state index in [-0.39, 0.29) is 17.2 Å². The Kier molecular flexibility index (Phi) is 5.39. The van der Waals surface area contributed by atoms with Gasteiger partial charge in [0.2, 0.25) is 5.91 Å². The zero-order chi connectivity index (χ0) is 16.9. The number of carbonyl (C=O) groups is 1. The van der Waals surface area contributed by atoms with E-state index in [0.717, 1.165) is 17.6 Å². The largest absolute Gasteiger partial charge is 0.496 e. The minimum absolute atomic E-state index is 0.179. The van der Waals surface area contributed by atoms with Crippen LogP contribution in [0.3, 0.4) is 0 Å². The van der Waals surface area contributed by atoms with Crippen LogP contribution in [0.2, 0.25) is 0 Å². The number of amides is 1. The maximum Gasteiger partial charge on any atom is 0.224 e. The molecule has 0 heterocycles. The molecule has 0 atom stereocenters. The van der Waals surface area contributed by atoms with Crippen LogP contribution in [0.25, 0.3) is 0 Å². The van der Waals surface area contributed by atoms with Crippen molar-refractivity contribution < 1.29 is 17.9 Å². The molecular formula is C17H19NO4S. The number of hydrogen-bond acceptors (Lipinski definition) is 4. The number of nitrogens with one attached hydrogen (secondary N) is 1. The third-order valence-electron chi connectivity index (χ3n) is 3.36. The molecule has 1 amide bonds.